The average molecular weight is 337 g/mol. The first kappa shape index (κ1) is 14.5. The van der Waals surface area contributed by atoms with Gasteiger partial charge in [0.1, 0.15) is 5.82 Å². The molecule has 0 radical (unpaired) electrons. The fraction of sp³-hybridized carbons (Fsp3) is 0.133. The Morgan fingerprint density at radius 3 is 2.55 bits per heavy atom. The molecule has 0 spiro atoms. The van der Waals surface area contributed by atoms with Crippen molar-refractivity contribution in [3.05, 3.63) is 57.3 Å². The van der Waals surface area contributed by atoms with Crippen LogP contribution in [0.4, 0.5) is 15.8 Å². The maximum absolute atomic E-state index is 13.6. The van der Waals surface area contributed by atoms with E-state index in [2.05, 4.69) is 21.2 Å². The van der Waals surface area contributed by atoms with Gasteiger partial charge in [0.2, 0.25) is 0 Å². The third kappa shape index (κ3) is 2.99. The number of hydrogen-bond donors (Lipinski definition) is 2. The first-order chi connectivity index (χ1) is 9.38. The van der Waals surface area contributed by atoms with Gasteiger partial charge in [-0.05, 0) is 43.7 Å². The van der Waals surface area contributed by atoms with Crippen molar-refractivity contribution < 1.29 is 9.18 Å². The summed E-state index contributed by atoms with van der Waals surface area (Å²) in [4.78, 5) is 12.1. The summed E-state index contributed by atoms with van der Waals surface area (Å²) in [5.41, 5.74) is 8.17. The van der Waals surface area contributed by atoms with E-state index in [0.29, 0.717) is 11.3 Å². The Kier molecular flexibility index (Phi) is 4.09. The third-order valence-electron chi connectivity index (χ3n) is 3.08. The number of halogens is 2. The molecular weight excluding hydrogens is 323 g/mol. The maximum atomic E-state index is 13.6. The van der Waals surface area contributed by atoms with E-state index in [0.717, 1.165) is 10.0 Å². The second-order valence-corrected chi connectivity index (χ2v) is 5.44. The van der Waals surface area contributed by atoms with Crippen LogP contribution in [0.1, 0.15) is 21.5 Å². The van der Waals surface area contributed by atoms with Crippen LogP contribution in [-0.2, 0) is 0 Å². The summed E-state index contributed by atoms with van der Waals surface area (Å²) in [6.07, 6.45) is 0. The van der Waals surface area contributed by atoms with Gasteiger partial charge < -0.3 is 11.1 Å². The van der Waals surface area contributed by atoms with Crippen LogP contribution < -0.4 is 11.1 Å². The standard InChI is InChI=1S/C15H14BrFN2O/c1-8-3-4-11(7-12(8)16)19-15(20)10-5-13(17)9(2)14(18)6-10/h3-7H,18H2,1-2H3,(H,19,20). The minimum Gasteiger partial charge on any atom is -0.398 e. The quantitative estimate of drug-likeness (QED) is 0.813. The summed E-state index contributed by atoms with van der Waals surface area (Å²) in [5.74, 6) is -0.883. The lowest BCUT2D eigenvalue weighted by molar-refractivity contribution is 0.102. The molecule has 3 N–H and O–H groups in total. The molecule has 20 heavy (non-hydrogen) atoms. The van der Waals surface area contributed by atoms with Gasteiger partial charge in [-0.25, -0.2) is 4.39 Å². The lowest BCUT2D eigenvalue weighted by Gasteiger charge is -2.09. The molecule has 3 nitrogen and oxygen atoms in total. The molecule has 0 saturated heterocycles. The van der Waals surface area contributed by atoms with E-state index in [1.807, 2.05) is 13.0 Å². The van der Waals surface area contributed by atoms with Crippen molar-refractivity contribution in [2.24, 2.45) is 0 Å². The highest BCUT2D eigenvalue weighted by molar-refractivity contribution is 9.10. The van der Waals surface area contributed by atoms with Gasteiger partial charge in [0.15, 0.2) is 0 Å². The molecule has 2 aromatic carbocycles. The molecule has 2 rings (SSSR count). The first-order valence-corrected chi connectivity index (χ1v) is 6.81. The van der Waals surface area contributed by atoms with Crippen LogP contribution in [0.25, 0.3) is 0 Å². The summed E-state index contributed by atoms with van der Waals surface area (Å²) >= 11 is 3.39. The molecule has 0 saturated carbocycles. The van der Waals surface area contributed by atoms with E-state index >= 15 is 0 Å². The largest absolute Gasteiger partial charge is 0.398 e. The number of nitrogens with one attached hydrogen (secondary N) is 1. The molecule has 0 aliphatic heterocycles. The Hall–Kier alpha value is -1.88. The number of hydrogen-bond acceptors (Lipinski definition) is 2. The molecule has 104 valence electrons. The van der Waals surface area contributed by atoms with Gasteiger partial charge in [0, 0.05) is 27.0 Å². The van der Waals surface area contributed by atoms with Crippen LogP contribution in [0.3, 0.4) is 0 Å². The van der Waals surface area contributed by atoms with Gasteiger partial charge in [-0.15, -0.1) is 0 Å². The van der Waals surface area contributed by atoms with Crippen LogP contribution in [0.15, 0.2) is 34.8 Å². The number of amides is 1. The number of nitrogen functional groups attached to an aromatic ring is 1. The number of nitrogens with two attached hydrogens (primary N) is 1. The van der Waals surface area contributed by atoms with E-state index in [9.17, 15) is 9.18 Å². The highest BCUT2D eigenvalue weighted by Crippen LogP contribution is 2.22. The Balaban J connectivity index is 2.26. The van der Waals surface area contributed by atoms with Gasteiger partial charge in [-0.1, -0.05) is 22.0 Å². The van der Waals surface area contributed by atoms with Crippen molar-refractivity contribution in [1.29, 1.82) is 0 Å². The van der Waals surface area contributed by atoms with E-state index in [4.69, 9.17) is 5.73 Å². The lowest BCUT2D eigenvalue weighted by Crippen LogP contribution is -2.13. The molecule has 0 aliphatic carbocycles. The predicted molar refractivity (Wildman–Crippen MR) is 82.4 cm³/mol. The summed E-state index contributed by atoms with van der Waals surface area (Å²) in [7, 11) is 0. The predicted octanol–water partition coefficient (Wildman–Crippen LogP) is 4.04. The minimum absolute atomic E-state index is 0.197. The van der Waals surface area contributed by atoms with Gasteiger partial charge >= 0.3 is 0 Å². The number of benzene rings is 2. The number of anilines is 2. The molecule has 0 atom stereocenters. The SMILES string of the molecule is Cc1ccc(NC(=O)c2cc(N)c(C)c(F)c2)cc1Br. The highest BCUT2D eigenvalue weighted by atomic mass is 79.9. The van der Waals surface area contributed by atoms with Crippen molar-refractivity contribution in [2.75, 3.05) is 11.1 Å². The fourth-order valence-electron chi connectivity index (χ4n) is 1.71. The van der Waals surface area contributed by atoms with Crippen LogP contribution >= 0.6 is 15.9 Å². The van der Waals surface area contributed by atoms with Gasteiger partial charge in [0.05, 0.1) is 0 Å². The van der Waals surface area contributed by atoms with Gasteiger partial charge in [-0.2, -0.15) is 0 Å². The van der Waals surface area contributed by atoms with Crippen LogP contribution in [0.5, 0.6) is 0 Å². The average Bonchev–Trinajstić information content (AvgIpc) is 2.39. The third-order valence-corrected chi connectivity index (χ3v) is 3.93. The van der Waals surface area contributed by atoms with Crippen molar-refractivity contribution in [3.63, 3.8) is 0 Å². The van der Waals surface area contributed by atoms with Crippen molar-refractivity contribution in [3.8, 4) is 0 Å². The van der Waals surface area contributed by atoms with Gasteiger partial charge in [0.25, 0.3) is 5.91 Å². The molecule has 0 bridgehead atoms. The van der Waals surface area contributed by atoms with Crippen molar-refractivity contribution in [2.45, 2.75) is 13.8 Å². The van der Waals surface area contributed by atoms with E-state index in [-0.39, 0.29) is 11.3 Å². The van der Waals surface area contributed by atoms with Crippen LogP contribution in [-0.4, -0.2) is 5.91 Å². The Labute approximate surface area is 125 Å². The smallest absolute Gasteiger partial charge is 0.255 e. The molecule has 1 amide bonds. The summed E-state index contributed by atoms with van der Waals surface area (Å²) in [6.45, 7) is 3.52. The summed E-state index contributed by atoms with van der Waals surface area (Å²) in [5, 5.41) is 2.71. The van der Waals surface area contributed by atoms with Crippen LogP contribution in [0, 0.1) is 19.7 Å². The highest BCUT2D eigenvalue weighted by Gasteiger charge is 2.11. The fourth-order valence-corrected chi connectivity index (χ4v) is 2.08. The van der Waals surface area contributed by atoms with Gasteiger partial charge in [-0.3, -0.25) is 4.79 Å². The Morgan fingerprint density at radius 1 is 1.25 bits per heavy atom. The van der Waals surface area contributed by atoms with E-state index in [1.54, 1.807) is 19.1 Å². The molecule has 0 heterocycles. The monoisotopic (exact) mass is 336 g/mol. The lowest BCUT2D eigenvalue weighted by atomic mass is 10.1. The second-order valence-electron chi connectivity index (χ2n) is 4.59. The van der Waals surface area contributed by atoms with Crippen molar-refractivity contribution >= 4 is 33.2 Å². The Morgan fingerprint density at radius 2 is 1.95 bits per heavy atom. The first-order valence-electron chi connectivity index (χ1n) is 6.01. The number of rotatable bonds is 2. The maximum Gasteiger partial charge on any atom is 0.255 e. The summed E-state index contributed by atoms with van der Waals surface area (Å²) < 4.78 is 14.5. The number of aryl methyl sites for hydroxylation is 1. The molecule has 0 fully saturated rings. The van der Waals surface area contributed by atoms with Crippen LogP contribution in [0.2, 0.25) is 0 Å². The normalized spacial score (nSPS) is 10.4. The minimum atomic E-state index is -0.486. The number of carbonyl (C=O) groups is 1. The topological polar surface area (TPSA) is 55.1 Å². The second kappa shape index (κ2) is 5.63. The molecule has 0 aromatic heterocycles. The van der Waals surface area contributed by atoms with Crippen molar-refractivity contribution in [1.82, 2.24) is 0 Å². The molecule has 0 aliphatic rings. The zero-order valence-electron chi connectivity index (χ0n) is 11.1. The zero-order chi connectivity index (χ0) is 14.9. The van der Waals surface area contributed by atoms with E-state index < -0.39 is 11.7 Å². The van der Waals surface area contributed by atoms with E-state index in [1.165, 1.54) is 12.1 Å². The summed E-state index contributed by atoms with van der Waals surface area (Å²) in [6, 6.07) is 8.11. The molecule has 5 heteroatoms. The Bertz CT molecular complexity index is 663. The zero-order valence-corrected chi connectivity index (χ0v) is 12.7. The number of carbonyl (C=O) groups excluding carboxylic acids is 1. The molecule has 0 unspecified atom stereocenters. The molecular formula is C15H14BrFN2O. The molecule has 2 aromatic rings.